The molecule has 0 aliphatic rings. The number of rotatable bonds is 4. The number of aliphatic imine (C=N–C) groups is 1. The highest BCUT2D eigenvalue weighted by Crippen LogP contribution is 2.22. The van der Waals surface area contributed by atoms with Gasteiger partial charge >= 0.3 is 0 Å². The number of hydrogen-bond donors (Lipinski definition) is 0. The molecule has 0 aliphatic heterocycles. The van der Waals surface area contributed by atoms with Crippen LogP contribution in [0.15, 0.2) is 41.2 Å². The number of benzene rings is 1. The van der Waals surface area contributed by atoms with Crippen LogP contribution in [-0.2, 0) is 14.8 Å². The molecule has 16 heavy (non-hydrogen) atoms. The number of carbonyl (C=O) groups excluding carboxylic acids is 1. The molecule has 0 saturated carbocycles. The molecule has 0 N–H and O–H groups in total. The summed E-state index contributed by atoms with van der Waals surface area (Å²) in [5.41, 5.74) is 0.745. The molecule has 0 amide bonds. The molecule has 0 bridgehead atoms. The van der Waals surface area contributed by atoms with Crippen LogP contribution in [0.5, 0.6) is 0 Å². The van der Waals surface area contributed by atoms with E-state index in [0.29, 0.717) is 11.4 Å². The maximum absolute atomic E-state index is 11.5. The van der Waals surface area contributed by atoms with Crippen LogP contribution in [0.25, 0.3) is 0 Å². The minimum absolute atomic E-state index is 0.346. The van der Waals surface area contributed by atoms with Gasteiger partial charge in [0, 0.05) is 12.5 Å². The van der Waals surface area contributed by atoms with Crippen molar-refractivity contribution >= 4 is 27.5 Å². The van der Waals surface area contributed by atoms with Crippen LogP contribution in [0.3, 0.4) is 0 Å². The predicted molar refractivity (Wildman–Crippen MR) is 61.7 cm³/mol. The van der Waals surface area contributed by atoms with E-state index in [9.17, 15) is 13.2 Å². The zero-order valence-electron chi connectivity index (χ0n) is 8.62. The number of anilines is 1. The lowest BCUT2D eigenvalue weighted by molar-refractivity contribution is 0.565. The largest absolute Gasteiger partial charge is 0.270 e. The molecule has 1 rings (SSSR count). The third-order valence-corrected chi connectivity index (χ3v) is 3.36. The van der Waals surface area contributed by atoms with E-state index in [0.717, 1.165) is 9.71 Å². The quantitative estimate of drug-likeness (QED) is 0.590. The zero-order chi connectivity index (χ0) is 12.2. The first-order valence-corrected chi connectivity index (χ1v) is 5.81. The van der Waals surface area contributed by atoms with E-state index in [1.165, 1.54) is 19.2 Å². The molecule has 0 unspecified atom stereocenters. The Balaban J connectivity index is 3.19. The normalized spacial score (nSPS) is 10.3. The summed E-state index contributed by atoms with van der Waals surface area (Å²) in [6, 6.07) is 6.22. The summed E-state index contributed by atoms with van der Waals surface area (Å²) in [4.78, 5) is 13.5. The van der Waals surface area contributed by atoms with E-state index in [-0.39, 0.29) is 0 Å². The Hall–Kier alpha value is -1.91. The van der Waals surface area contributed by atoms with Gasteiger partial charge in [0.05, 0.1) is 11.4 Å². The van der Waals surface area contributed by atoms with Gasteiger partial charge in [0.25, 0.3) is 10.0 Å². The van der Waals surface area contributed by atoms with Gasteiger partial charge in [-0.1, -0.05) is 12.6 Å². The van der Waals surface area contributed by atoms with Crippen LogP contribution in [0.2, 0.25) is 0 Å². The molecule has 0 heterocycles. The summed E-state index contributed by atoms with van der Waals surface area (Å²) in [5.74, 6) is 0. The summed E-state index contributed by atoms with van der Waals surface area (Å²) in [5, 5.41) is 0.850. The Bertz CT molecular complexity index is 545. The highest BCUT2D eigenvalue weighted by Gasteiger charge is 2.13. The van der Waals surface area contributed by atoms with Gasteiger partial charge in [-0.2, -0.15) is 4.99 Å². The van der Waals surface area contributed by atoms with Crippen molar-refractivity contribution in [2.45, 2.75) is 0 Å². The van der Waals surface area contributed by atoms with Gasteiger partial charge in [-0.05, 0) is 18.2 Å². The molecule has 84 valence electrons. The summed E-state index contributed by atoms with van der Waals surface area (Å²) in [6.45, 7) is 3.22. The molecule has 5 nitrogen and oxygen atoms in total. The van der Waals surface area contributed by atoms with Crippen LogP contribution in [-0.4, -0.2) is 21.5 Å². The molecule has 1 aromatic rings. The fourth-order valence-corrected chi connectivity index (χ4v) is 1.70. The number of nitrogens with zero attached hydrogens (tertiary/aromatic N) is 2. The molecule has 1 aromatic carbocycles. The average molecular weight is 238 g/mol. The van der Waals surface area contributed by atoms with Crippen molar-refractivity contribution in [1.82, 2.24) is 0 Å². The first-order valence-electron chi connectivity index (χ1n) is 4.30. The molecule has 0 saturated heterocycles. The van der Waals surface area contributed by atoms with Crippen molar-refractivity contribution in [3.63, 3.8) is 0 Å². The van der Waals surface area contributed by atoms with Crippen molar-refractivity contribution in [1.29, 1.82) is 0 Å². The van der Waals surface area contributed by atoms with Crippen LogP contribution in [0, 0.1) is 0 Å². The van der Waals surface area contributed by atoms with Gasteiger partial charge in [0.1, 0.15) is 0 Å². The van der Waals surface area contributed by atoms with Gasteiger partial charge in [-0.25, -0.2) is 13.2 Å². The average Bonchev–Trinajstić information content (AvgIpc) is 2.29. The Morgan fingerprint density at radius 1 is 1.50 bits per heavy atom. The first kappa shape index (κ1) is 12.2. The molecular formula is C10H10N2O3S. The van der Waals surface area contributed by atoms with Crippen LogP contribution in [0.4, 0.5) is 11.4 Å². The maximum atomic E-state index is 11.5. The second-order valence-corrected chi connectivity index (χ2v) is 4.81. The lowest BCUT2D eigenvalue weighted by Gasteiger charge is -2.16. The second-order valence-electron chi connectivity index (χ2n) is 2.90. The Kier molecular flexibility index (Phi) is 3.60. The van der Waals surface area contributed by atoms with Crippen molar-refractivity contribution in [2.75, 3.05) is 11.4 Å². The fourth-order valence-electron chi connectivity index (χ4n) is 1.07. The molecule has 0 fully saturated rings. The molecule has 6 heteroatoms. The van der Waals surface area contributed by atoms with Gasteiger partial charge in [0.15, 0.2) is 0 Å². The minimum atomic E-state index is -3.53. The van der Waals surface area contributed by atoms with Crippen LogP contribution >= 0.6 is 0 Å². The van der Waals surface area contributed by atoms with Crippen molar-refractivity contribution in [3.8, 4) is 0 Å². The highest BCUT2D eigenvalue weighted by atomic mass is 32.2. The van der Waals surface area contributed by atoms with Crippen molar-refractivity contribution in [2.24, 2.45) is 4.99 Å². The first-order chi connectivity index (χ1) is 7.51. The van der Waals surface area contributed by atoms with Gasteiger partial charge < -0.3 is 0 Å². The minimum Gasteiger partial charge on any atom is -0.270 e. The van der Waals surface area contributed by atoms with E-state index in [1.807, 2.05) is 0 Å². The van der Waals surface area contributed by atoms with E-state index in [4.69, 9.17) is 0 Å². The lowest BCUT2D eigenvalue weighted by Crippen LogP contribution is -2.23. The standard InChI is InChI=1S/C10H10N2O3S/c1-3-16(14,15)12(2)10-6-4-5-9(7-10)11-8-13/h3-7H,1H2,2H3. The summed E-state index contributed by atoms with van der Waals surface area (Å²) >= 11 is 0. The Morgan fingerprint density at radius 2 is 2.19 bits per heavy atom. The maximum Gasteiger partial charge on any atom is 0.256 e. The molecule has 0 atom stereocenters. The van der Waals surface area contributed by atoms with Gasteiger partial charge in [-0.15, -0.1) is 0 Å². The number of hydrogen-bond acceptors (Lipinski definition) is 4. The molecule has 0 aliphatic carbocycles. The second kappa shape index (κ2) is 4.74. The van der Waals surface area contributed by atoms with E-state index >= 15 is 0 Å². The van der Waals surface area contributed by atoms with E-state index in [2.05, 4.69) is 11.6 Å². The van der Waals surface area contributed by atoms with Crippen LogP contribution in [0.1, 0.15) is 0 Å². The SMILES string of the molecule is C=CS(=O)(=O)N(C)c1cccc(N=C=O)c1. The lowest BCUT2D eigenvalue weighted by atomic mass is 10.3. The van der Waals surface area contributed by atoms with Crippen molar-refractivity contribution < 1.29 is 13.2 Å². The number of sulfonamides is 1. The highest BCUT2D eigenvalue weighted by molar-refractivity contribution is 7.95. The molecule has 0 spiro atoms. The third kappa shape index (κ3) is 2.56. The summed E-state index contributed by atoms with van der Waals surface area (Å²) in [7, 11) is -2.14. The molecule has 0 radical (unpaired) electrons. The monoisotopic (exact) mass is 238 g/mol. The zero-order valence-corrected chi connectivity index (χ0v) is 9.44. The predicted octanol–water partition coefficient (Wildman–Crippen LogP) is 1.56. The topological polar surface area (TPSA) is 66.8 Å². The third-order valence-electron chi connectivity index (χ3n) is 1.96. The summed E-state index contributed by atoms with van der Waals surface area (Å²) in [6.07, 6.45) is 1.39. The molecular weight excluding hydrogens is 228 g/mol. The number of isocyanates is 1. The molecule has 0 aromatic heterocycles. The fraction of sp³-hybridized carbons (Fsp3) is 0.100. The van der Waals surface area contributed by atoms with Crippen LogP contribution < -0.4 is 4.31 Å². The van der Waals surface area contributed by atoms with Gasteiger partial charge in [-0.3, -0.25) is 4.31 Å². The van der Waals surface area contributed by atoms with E-state index in [1.54, 1.807) is 18.2 Å². The van der Waals surface area contributed by atoms with Crippen molar-refractivity contribution in [3.05, 3.63) is 36.3 Å². The van der Waals surface area contributed by atoms with Gasteiger partial charge in [0.2, 0.25) is 6.08 Å². The summed E-state index contributed by atoms with van der Waals surface area (Å²) < 4.78 is 24.0. The Labute approximate surface area is 93.8 Å². The smallest absolute Gasteiger partial charge is 0.256 e. The van der Waals surface area contributed by atoms with E-state index < -0.39 is 10.0 Å². The Morgan fingerprint density at radius 3 is 2.75 bits per heavy atom.